The predicted molar refractivity (Wildman–Crippen MR) is 65.2 cm³/mol. The van der Waals surface area contributed by atoms with E-state index in [-0.39, 0.29) is 16.9 Å². The molecule has 2 aliphatic carbocycles. The highest BCUT2D eigenvalue weighted by Gasteiger charge is 2.63. The second-order valence-corrected chi connectivity index (χ2v) is 6.48. The highest BCUT2D eigenvalue weighted by Crippen LogP contribution is 2.66. The highest BCUT2D eigenvalue weighted by molar-refractivity contribution is 5.61. The smallest absolute Gasteiger partial charge is 0.430 e. The van der Waals surface area contributed by atoms with Crippen LogP contribution >= 0.6 is 0 Å². The predicted octanol–water partition coefficient (Wildman–Crippen LogP) is 3.93. The number of rotatable bonds is 2. The minimum atomic E-state index is -0.542. The van der Waals surface area contributed by atoms with Crippen LogP contribution in [0.1, 0.15) is 53.9 Å². The lowest BCUT2D eigenvalue weighted by Gasteiger charge is -2.38. The van der Waals surface area contributed by atoms with E-state index in [1.807, 2.05) is 0 Å². The molecule has 2 aliphatic rings. The second-order valence-electron chi connectivity index (χ2n) is 6.48. The topological polar surface area (TPSA) is 35.5 Å². The number of ether oxygens (including phenoxy) is 2. The van der Waals surface area contributed by atoms with E-state index in [1.165, 1.54) is 6.42 Å². The third-order valence-electron chi connectivity index (χ3n) is 5.24. The summed E-state index contributed by atoms with van der Waals surface area (Å²) in [6.07, 6.45) is 3.50. The molecule has 17 heavy (non-hydrogen) atoms. The largest absolute Gasteiger partial charge is 0.509 e. The van der Waals surface area contributed by atoms with E-state index < -0.39 is 6.16 Å². The van der Waals surface area contributed by atoms with Gasteiger partial charge in [-0.25, -0.2) is 4.79 Å². The number of carbonyl (C=O) groups is 1. The molecule has 3 heteroatoms. The molecule has 2 fully saturated rings. The average Bonchev–Trinajstić information content (AvgIpc) is 2.49. The van der Waals surface area contributed by atoms with E-state index in [9.17, 15) is 4.79 Å². The summed E-state index contributed by atoms with van der Waals surface area (Å²) in [7, 11) is 0. The van der Waals surface area contributed by atoms with Gasteiger partial charge in [-0.1, -0.05) is 20.8 Å². The summed E-state index contributed by atoms with van der Waals surface area (Å²) in [5, 5.41) is 0. The number of fused-ring (bicyclic) bond motifs is 2. The van der Waals surface area contributed by atoms with Crippen LogP contribution in [0.2, 0.25) is 0 Å². The van der Waals surface area contributed by atoms with Gasteiger partial charge in [0.05, 0.1) is 0 Å². The number of hydrogen-bond acceptors (Lipinski definition) is 3. The van der Waals surface area contributed by atoms with Gasteiger partial charge >= 0.3 is 6.16 Å². The molecule has 1 radical (unpaired) electrons. The standard InChI is InChI=1S/C14H23O3/c1-9(2)16-12(15)17-11-8-10-6-7-14(11,5)13(10,3)4/h10-11H,6-8H2,1-5H3. The summed E-state index contributed by atoms with van der Waals surface area (Å²) >= 11 is 0. The maximum Gasteiger partial charge on any atom is 0.509 e. The van der Waals surface area contributed by atoms with Crippen molar-refractivity contribution >= 4 is 6.16 Å². The van der Waals surface area contributed by atoms with Crippen LogP contribution in [-0.2, 0) is 9.47 Å². The van der Waals surface area contributed by atoms with Gasteiger partial charge < -0.3 is 9.47 Å². The molecule has 0 aromatic heterocycles. The Morgan fingerprint density at radius 1 is 1.24 bits per heavy atom. The van der Waals surface area contributed by atoms with Gasteiger partial charge in [0.1, 0.15) is 12.2 Å². The fourth-order valence-corrected chi connectivity index (χ4v) is 3.62. The first kappa shape index (κ1) is 12.7. The summed E-state index contributed by atoms with van der Waals surface area (Å²) in [6, 6.07) is 0. The molecule has 0 amide bonds. The molecular weight excluding hydrogens is 216 g/mol. The molecule has 3 atom stereocenters. The van der Waals surface area contributed by atoms with Gasteiger partial charge in [-0.2, -0.15) is 0 Å². The van der Waals surface area contributed by atoms with Crippen molar-refractivity contribution in [3.05, 3.63) is 6.10 Å². The Bertz CT molecular complexity index is 321. The van der Waals surface area contributed by atoms with E-state index in [4.69, 9.17) is 9.47 Å². The Hall–Kier alpha value is -0.730. The van der Waals surface area contributed by atoms with Gasteiger partial charge in [0.25, 0.3) is 0 Å². The molecule has 97 valence electrons. The normalized spacial score (nSPS) is 38.5. The van der Waals surface area contributed by atoms with Gasteiger partial charge in [0.15, 0.2) is 0 Å². The first-order valence-electron chi connectivity index (χ1n) is 6.46. The first-order valence-corrected chi connectivity index (χ1v) is 6.46. The molecule has 3 unspecified atom stereocenters. The molecule has 2 saturated carbocycles. The Morgan fingerprint density at radius 3 is 2.29 bits per heavy atom. The Kier molecular flexibility index (Phi) is 2.91. The molecule has 3 nitrogen and oxygen atoms in total. The molecule has 0 spiro atoms. The van der Waals surface area contributed by atoms with Gasteiger partial charge in [-0.05, 0) is 44.4 Å². The lowest BCUT2D eigenvalue weighted by Crippen LogP contribution is -2.38. The van der Waals surface area contributed by atoms with E-state index in [0.29, 0.717) is 12.0 Å². The van der Waals surface area contributed by atoms with E-state index in [1.54, 1.807) is 13.8 Å². The van der Waals surface area contributed by atoms with Crippen LogP contribution in [-0.4, -0.2) is 12.3 Å². The molecule has 0 saturated heterocycles. The van der Waals surface area contributed by atoms with Crippen molar-refractivity contribution in [3.8, 4) is 0 Å². The van der Waals surface area contributed by atoms with Gasteiger partial charge in [0, 0.05) is 5.41 Å². The zero-order valence-corrected chi connectivity index (χ0v) is 11.5. The van der Waals surface area contributed by atoms with Crippen LogP contribution in [0, 0.1) is 22.9 Å². The van der Waals surface area contributed by atoms with Crippen LogP contribution in [0.4, 0.5) is 4.79 Å². The quantitative estimate of drug-likeness (QED) is 0.685. The molecule has 0 N–H and O–H groups in total. The number of carbonyl (C=O) groups excluding carboxylic acids is 1. The maximum atomic E-state index is 11.6. The minimum Gasteiger partial charge on any atom is -0.430 e. The lowest BCUT2D eigenvalue weighted by molar-refractivity contribution is -0.0355. The van der Waals surface area contributed by atoms with Crippen molar-refractivity contribution in [3.63, 3.8) is 0 Å². The summed E-state index contributed by atoms with van der Waals surface area (Å²) in [6.45, 7) is 10.4. The van der Waals surface area contributed by atoms with Crippen LogP contribution in [0.15, 0.2) is 0 Å². The molecule has 0 heterocycles. The summed E-state index contributed by atoms with van der Waals surface area (Å²) in [4.78, 5) is 11.6. The van der Waals surface area contributed by atoms with Crippen LogP contribution in [0.25, 0.3) is 0 Å². The Labute approximate surface area is 104 Å². The molecule has 0 aromatic rings. The van der Waals surface area contributed by atoms with E-state index in [2.05, 4.69) is 20.8 Å². The third-order valence-corrected chi connectivity index (χ3v) is 5.24. The summed E-state index contributed by atoms with van der Waals surface area (Å²) < 4.78 is 10.5. The SMILES string of the molecule is C[C](C)OC(=O)OC1CC2CCC1(C)C2(C)C. The molecule has 2 rings (SSSR count). The fraction of sp³-hybridized carbons (Fsp3) is 0.857. The highest BCUT2D eigenvalue weighted by atomic mass is 16.7. The monoisotopic (exact) mass is 239 g/mol. The third kappa shape index (κ3) is 1.84. The number of hydrogen-bond donors (Lipinski definition) is 0. The zero-order valence-electron chi connectivity index (χ0n) is 11.5. The van der Waals surface area contributed by atoms with Gasteiger partial charge in [-0.15, -0.1) is 0 Å². The van der Waals surface area contributed by atoms with Crippen LogP contribution in [0.5, 0.6) is 0 Å². The molecule has 0 aromatic carbocycles. The first-order chi connectivity index (χ1) is 7.77. The molecule has 0 aliphatic heterocycles. The summed E-state index contributed by atoms with van der Waals surface area (Å²) in [5.74, 6) is 0.678. The van der Waals surface area contributed by atoms with Crippen LogP contribution in [0.3, 0.4) is 0 Å². The zero-order chi connectivity index (χ0) is 12.8. The van der Waals surface area contributed by atoms with E-state index >= 15 is 0 Å². The fourth-order valence-electron chi connectivity index (χ4n) is 3.62. The summed E-state index contributed by atoms with van der Waals surface area (Å²) in [5.41, 5.74) is 0.376. The Balaban J connectivity index is 2.03. The van der Waals surface area contributed by atoms with Gasteiger partial charge in [0.2, 0.25) is 0 Å². The van der Waals surface area contributed by atoms with Crippen molar-refractivity contribution in [1.82, 2.24) is 0 Å². The van der Waals surface area contributed by atoms with Crippen molar-refractivity contribution in [2.45, 2.75) is 60.0 Å². The Morgan fingerprint density at radius 2 is 1.88 bits per heavy atom. The van der Waals surface area contributed by atoms with Crippen LogP contribution < -0.4 is 0 Å². The minimum absolute atomic E-state index is 0.0168. The lowest BCUT2D eigenvalue weighted by atomic mass is 9.70. The maximum absolute atomic E-state index is 11.6. The van der Waals surface area contributed by atoms with Gasteiger partial charge in [-0.3, -0.25) is 0 Å². The molecular formula is C14H23O3. The van der Waals surface area contributed by atoms with Crippen molar-refractivity contribution in [2.75, 3.05) is 0 Å². The second kappa shape index (κ2) is 3.89. The average molecular weight is 239 g/mol. The van der Waals surface area contributed by atoms with Crippen molar-refractivity contribution < 1.29 is 14.3 Å². The van der Waals surface area contributed by atoms with Crippen molar-refractivity contribution in [2.24, 2.45) is 16.7 Å². The van der Waals surface area contributed by atoms with Crippen molar-refractivity contribution in [1.29, 1.82) is 0 Å². The van der Waals surface area contributed by atoms with E-state index in [0.717, 1.165) is 12.8 Å². The molecule has 2 bridgehead atoms.